The molecule has 6 heteroatoms. The van der Waals surface area contributed by atoms with Crippen LogP contribution in [0.5, 0.6) is 0 Å². The van der Waals surface area contributed by atoms with Crippen molar-refractivity contribution in [1.82, 2.24) is 9.13 Å². The summed E-state index contributed by atoms with van der Waals surface area (Å²) < 4.78 is 46.3. The number of halogens is 3. The lowest BCUT2D eigenvalue weighted by Gasteiger charge is -2.20. The summed E-state index contributed by atoms with van der Waals surface area (Å²) in [6, 6.07) is 68.8. The van der Waals surface area contributed by atoms with Crippen LogP contribution in [0.1, 0.15) is 16.7 Å². The zero-order valence-corrected chi connectivity index (χ0v) is 34.0. The summed E-state index contributed by atoms with van der Waals surface area (Å²) in [6.45, 7) is 1.72. The molecule has 0 unspecified atom stereocenters. The summed E-state index contributed by atoms with van der Waals surface area (Å²) in [6.07, 6.45) is -4.47. The van der Waals surface area contributed by atoms with Gasteiger partial charge >= 0.3 is 6.18 Å². The number of benzene rings is 9. The lowest BCUT2D eigenvalue weighted by atomic mass is 9.92. The molecule has 0 amide bonds. The topological polar surface area (TPSA) is 33.6 Å². The van der Waals surface area contributed by atoms with Gasteiger partial charge < -0.3 is 9.13 Å². The fourth-order valence-electron chi connectivity index (χ4n) is 9.38. The zero-order chi connectivity index (χ0) is 42.8. The van der Waals surface area contributed by atoms with Crippen molar-refractivity contribution in [2.45, 2.75) is 13.1 Å². The molecule has 0 saturated heterocycles. The fraction of sp³-hybridized carbons (Fsp3) is 0.0351. The van der Waals surface area contributed by atoms with Crippen LogP contribution in [0.15, 0.2) is 200 Å². The number of nitrogens with zero attached hydrogens (tertiary/aromatic N) is 3. The van der Waals surface area contributed by atoms with Crippen molar-refractivity contribution in [2.75, 3.05) is 0 Å². The second-order valence-electron chi connectivity index (χ2n) is 16.0. The lowest BCUT2D eigenvalue weighted by molar-refractivity contribution is -0.137. The van der Waals surface area contributed by atoms with Crippen molar-refractivity contribution in [3.05, 3.63) is 217 Å². The van der Waals surface area contributed by atoms with Gasteiger partial charge in [0.1, 0.15) is 0 Å². The highest BCUT2D eigenvalue weighted by Gasteiger charge is 2.31. The van der Waals surface area contributed by atoms with Crippen molar-refractivity contribution in [2.24, 2.45) is 0 Å². The normalized spacial score (nSPS) is 11.8. The number of alkyl halides is 3. The van der Waals surface area contributed by atoms with Gasteiger partial charge in [0, 0.05) is 32.7 Å². The van der Waals surface area contributed by atoms with Crippen molar-refractivity contribution in [3.63, 3.8) is 0 Å². The van der Waals surface area contributed by atoms with Gasteiger partial charge in [0.25, 0.3) is 0 Å². The largest absolute Gasteiger partial charge is 0.416 e. The molecule has 0 bridgehead atoms. The number of para-hydroxylation sites is 2. The first-order chi connectivity index (χ1) is 30.7. The van der Waals surface area contributed by atoms with Crippen LogP contribution < -0.4 is 0 Å². The zero-order valence-electron chi connectivity index (χ0n) is 34.0. The highest BCUT2D eigenvalue weighted by Crippen LogP contribution is 2.44. The molecule has 0 radical (unpaired) electrons. The SMILES string of the molecule is Cc1cc(C(F)(F)F)ccc1-c1ccc(-n2c3ccccc3c3cc(-c4ccccc4)ccc32)c(-c2cc(C#N)ccc2-n2c3ccccc3c3cc(-c4ccccc4)ccc32)c1. The maximum absolute atomic E-state index is 13.9. The minimum absolute atomic E-state index is 0.484. The molecule has 0 saturated carbocycles. The molecule has 0 spiro atoms. The van der Waals surface area contributed by atoms with Crippen LogP contribution in [0.4, 0.5) is 13.2 Å². The molecule has 300 valence electrons. The van der Waals surface area contributed by atoms with Gasteiger partial charge in [-0.1, -0.05) is 121 Å². The van der Waals surface area contributed by atoms with Gasteiger partial charge in [-0.2, -0.15) is 18.4 Å². The fourth-order valence-corrected chi connectivity index (χ4v) is 9.38. The Morgan fingerprint density at radius 2 is 0.873 bits per heavy atom. The number of nitriles is 1. The van der Waals surface area contributed by atoms with Gasteiger partial charge in [-0.25, -0.2) is 0 Å². The second-order valence-corrected chi connectivity index (χ2v) is 16.0. The minimum atomic E-state index is -4.47. The first kappa shape index (κ1) is 37.8. The molecule has 0 aliphatic carbocycles. The first-order valence-corrected chi connectivity index (χ1v) is 20.8. The van der Waals surface area contributed by atoms with Crippen LogP contribution in [0.2, 0.25) is 0 Å². The van der Waals surface area contributed by atoms with Gasteiger partial charge in [0.2, 0.25) is 0 Å². The van der Waals surface area contributed by atoms with Gasteiger partial charge in [0.15, 0.2) is 0 Å². The first-order valence-electron chi connectivity index (χ1n) is 20.8. The summed E-state index contributed by atoms with van der Waals surface area (Å²) >= 11 is 0. The number of fused-ring (bicyclic) bond motifs is 6. The Kier molecular flexibility index (Phi) is 8.88. The van der Waals surface area contributed by atoms with E-state index >= 15 is 0 Å². The van der Waals surface area contributed by atoms with Crippen LogP contribution in [0.25, 0.3) is 99.5 Å². The molecule has 63 heavy (non-hydrogen) atoms. The summed E-state index contributed by atoms with van der Waals surface area (Å²) in [4.78, 5) is 0. The van der Waals surface area contributed by atoms with E-state index in [1.807, 2.05) is 72.8 Å². The van der Waals surface area contributed by atoms with Gasteiger partial charge in [-0.05, 0) is 125 Å². The predicted octanol–water partition coefficient (Wildman–Crippen LogP) is 15.7. The van der Waals surface area contributed by atoms with E-state index in [0.29, 0.717) is 16.7 Å². The number of rotatable bonds is 6. The smallest absolute Gasteiger partial charge is 0.309 e. The highest BCUT2D eigenvalue weighted by molar-refractivity contribution is 6.13. The number of aryl methyl sites for hydroxylation is 1. The van der Waals surface area contributed by atoms with E-state index in [4.69, 9.17) is 0 Å². The number of hydrogen-bond donors (Lipinski definition) is 0. The third-order valence-corrected chi connectivity index (χ3v) is 12.3. The van der Waals surface area contributed by atoms with Crippen molar-refractivity contribution < 1.29 is 13.2 Å². The van der Waals surface area contributed by atoms with E-state index < -0.39 is 11.7 Å². The van der Waals surface area contributed by atoms with Crippen molar-refractivity contribution in [1.29, 1.82) is 5.26 Å². The van der Waals surface area contributed by atoms with Crippen molar-refractivity contribution >= 4 is 43.6 Å². The summed E-state index contributed by atoms with van der Waals surface area (Å²) in [5.74, 6) is 0. The third-order valence-electron chi connectivity index (χ3n) is 12.3. The van der Waals surface area contributed by atoms with Gasteiger partial charge in [-0.3, -0.25) is 0 Å². The molecule has 11 aromatic rings. The van der Waals surface area contributed by atoms with Crippen LogP contribution in [-0.2, 0) is 6.18 Å². The highest BCUT2D eigenvalue weighted by atomic mass is 19.4. The third kappa shape index (κ3) is 6.36. The van der Waals surface area contributed by atoms with Crippen LogP contribution in [0, 0.1) is 18.3 Å². The Hall–Kier alpha value is -8.14. The second kappa shape index (κ2) is 14.8. The number of aromatic nitrogens is 2. The van der Waals surface area contributed by atoms with Gasteiger partial charge in [-0.15, -0.1) is 0 Å². The molecule has 9 aromatic carbocycles. The minimum Gasteiger partial charge on any atom is -0.309 e. The van der Waals surface area contributed by atoms with Crippen molar-refractivity contribution in [3.8, 4) is 62.0 Å². The van der Waals surface area contributed by atoms with Crippen LogP contribution in [-0.4, -0.2) is 9.13 Å². The molecule has 3 nitrogen and oxygen atoms in total. The molecule has 2 heterocycles. The molecule has 0 atom stereocenters. The van der Waals surface area contributed by atoms with Gasteiger partial charge in [0.05, 0.1) is 50.6 Å². The summed E-state index contributed by atoms with van der Waals surface area (Å²) in [5, 5.41) is 14.8. The maximum atomic E-state index is 13.9. The Bertz CT molecular complexity index is 3630. The molecule has 11 rings (SSSR count). The standard InChI is InChI=1S/C57H36F3N3/c1-36-30-43(57(58,59)60)24-25-44(36)42-23-29-56(63-52-19-11-9-17-46(52)49-33-41(22-28-55(49)63)39-14-6-3-7-15-39)50(34-42)47-31-37(35-61)20-26-53(47)62-51-18-10-8-16-45(51)48-32-40(21-27-54(48)62)38-12-4-2-5-13-38/h2-34H,1H3. The van der Waals surface area contributed by atoms with Crippen LogP contribution >= 0.6 is 0 Å². The molecule has 0 aliphatic heterocycles. The monoisotopic (exact) mass is 819 g/mol. The maximum Gasteiger partial charge on any atom is 0.416 e. The predicted molar refractivity (Wildman–Crippen MR) is 251 cm³/mol. The molecular weight excluding hydrogens is 784 g/mol. The lowest BCUT2D eigenvalue weighted by Crippen LogP contribution is -2.05. The average molecular weight is 820 g/mol. The van der Waals surface area contributed by atoms with E-state index in [1.165, 1.54) is 6.07 Å². The summed E-state index contributed by atoms with van der Waals surface area (Å²) in [7, 11) is 0. The molecule has 0 aliphatic rings. The summed E-state index contributed by atoms with van der Waals surface area (Å²) in [5.41, 5.74) is 13.6. The van der Waals surface area contributed by atoms with E-state index in [2.05, 4.69) is 124 Å². The Balaban J connectivity index is 1.22. The van der Waals surface area contributed by atoms with E-state index in [0.717, 1.165) is 100.0 Å². The van der Waals surface area contributed by atoms with E-state index in [9.17, 15) is 18.4 Å². The molecule has 0 N–H and O–H groups in total. The molecule has 0 fully saturated rings. The average Bonchev–Trinajstić information content (AvgIpc) is 3.83. The van der Waals surface area contributed by atoms with Crippen LogP contribution in [0.3, 0.4) is 0 Å². The molecular formula is C57H36F3N3. The number of hydrogen-bond acceptors (Lipinski definition) is 1. The Labute approximate surface area is 361 Å². The molecule has 2 aromatic heterocycles. The Morgan fingerprint density at radius 3 is 1.40 bits per heavy atom. The van der Waals surface area contributed by atoms with E-state index in [-0.39, 0.29) is 0 Å². The quantitative estimate of drug-likeness (QED) is 0.165. The Morgan fingerprint density at radius 1 is 0.397 bits per heavy atom. The van der Waals surface area contributed by atoms with E-state index in [1.54, 1.807) is 13.0 Å².